The van der Waals surface area contributed by atoms with Crippen LogP contribution in [0, 0.1) is 17.3 Å². The standard InChI is InChI=1S/C9H17NO2/c1-6-3-7(2)9(6,5-10)4-8(11)12/h6-7H,3-5,10H2,1-2H3,(H,11,12)/t6-,7+,9?. The van der Waals surface area contributed by atoms with Gasteiger partial charge in [0.05, 0.1) is 6.42 Å². The average molecular weight is 171 g/mol. The largest absolute Gasteiger partial charge is 0.481 e. The molecule has 3 nitrogen and oxygen atoms in total. The van der Waals surface area contributed by atoms with Crippen LogP contribution < -0.4 is 5.73 Å². The van der Waals surface area contributed by atoms with Crippen molar-refractivity contribution in [2.24, 2.45) is 23.0 Å². The van der Waals surface area contributed by atoms with Crippen LogP contribution >= 0.6 is 0 Å². The highest BCUT2D eigenvalue weighted by molar-refractivity contribution is 5.68. The van der Waals surface area contributed by atoms with E-state index >= 15 is 0 Å². The predicted octanol–water partition coefficient (Wildman–Crippen LogP) is 1.08. The van der Waals surface area contributed by atoms with Gasteiger partial charge >= 0.3 is 5.97 Å². The van der Waals surface area contributed by atoms with Crippen LogP contribution in [0.15, 0.2) is 0 Å². The first-order valence-electron chi connectivity index (χ1n) is 4.45. The van der Waals surface area contributed by atoms with Crippen LogP contribution in [0.3, 0.4) is 0 Å². The Labute approximate surface area is 72.9 Å². The smallest absolute Gasteiger partial charge is 0.303 e. The van der Waals surface area contributed by atoms with E-state index in [2.05, 4.69) is 13.8 Å². The maximum Gasteiger partial charge on any atom is 0.303 e. The molecule has 1 saturated carbocycles. The van der Waals surface area contributed by atoms with Crippen molar-refractivity contribution in [1.29, 1.82) is 0 Å². The van der Waals surface area contributed by atoms with Gasteiger partial charge in [-0.15, -0.1) is 0 Å². The molecule has 0 bridgehead atoms. The molecule has 0 radical (unpaired) electrons. The number of carboxylic acids is 1. The summed E-state index contributed by atoms with van der Waals surface area (Å²) in [6, 6.07) is 0. The maximum absolute atomic E-state index is 10.6. The van der Waals surface area contributed by atoms with Crippen molar-refractivity contribution in [1.82, 2.24) is 0 Å². The summed E-state index contributed by atoms with van der Waals surface area (Å²) in [5.41, 5.74) is 5.52. The summed E-state index contributed by atoms with van der Waals surface area (Å²) >= 11 is 0. The first-order chi connectivity index (χ1) is 5.53. The third kappa shape index (κ3) is 1.22. The Kier molecular flexibility index (Phi) is 2.42. The van der Waals surface area contributed by atoms with Gasteiger partial charge in [0.15, 0.2) is 0 Å². The van der Waals surface area contributed by atoms with Crippen molar-refractivity contribution in [2.45, 2.75) is 26.7 Å². The summed E-state index contributed by atoms with van der Waals surface area (Å²) in [6.45, 7) is 4.69. The molecule has 3 atom stereocenters. The number of rotatable bonds is 3. The molecule has 1 fully saturated rings. The molecule has 70 valence electrons. The fourth-order valence-electron chi connectivity index (χ4n) is 2.43. The molecule has 3 heteroatoms. The lowest BCUT2D eigenvalue weighted by Crippen LogP contribution is -2.52. The zero-order chi connectivity index (χ0) is 9.35. The molecule has 0 aromatic heterocycles. The number of nitrogens with two attached hydrogens (primary N) is 1. The molecule has 0 amide bonds. The summed E-state index contributed by atoms with van der Waals surface area (Å²) in [6.07, 6.45) is 1.34. The highest BCUT2D eigenvalue weighted by atomic mass is 16.4. The number of aliphatic carboxylic acids is 1. The number of carbonyl (C=O) groups is 1. The van der Waals surface area contributed by atoms with E-state index in [1.807, 2.05) is 0 Å². The molecule has 0 spiro atoms. The van der Waals surface area contributed by atoms with Gasteiger partial charge in [0.1, 0.15) is 0 Å². The third-order valence-corrected chi connectivity index (χ3v) is 3.53. The second-order valence-corrected chi connectivity index (χ2v) is 4.05. The molecular weight excluding hydrogens is 154 g/mol. The van der Waals surface area contributed by atoms with Gasteiger partial charge in [-0.05, 0) is 30.2 Å². The van der Waals surface area contributed by atoms with E-state index in [4.69, 9.17) is 10.8 Å². The molecule has 0 aromatic carbocycles. The normalized spacial score (nSPS) is 40.6. The molecule has 1 aliphatic rings. The Morgan fingerprint density at radius 1 is 1.58 bits per heavy atom. The first kappa shape index (κ1) is 9.52. The first-order valence-corrected chi connectivity index (χ1v) is 4.45. The van der Waals surface area contributed by atoms with Gasteiger partial charge in [0.25, 0.3) is 0 Å². The average Bonchev–Trinajstić information content (AvgIpc) is 2.00. The molecule has 0 saturated heterocycles. The predicted molar refractivity (Wildman–Crippen MR) is 46.7 cm³/mol. The summed E-state index contributed by atoms with van der Waals surface area (Å²) < 4.78 is 0. The zero-order valence-corrected chi connectivity index (χ0v) is 7.71. The Balaban J connectivity index is 2.68. The van der Waals surface area contributed by atoms with Crippen molar-refractivity contribution in [3.8, 4) is 0 Å². The second kappa shape index (κ2) is 3.05. The third-order valence-electron chi connectivity index (χ3n) is 3.53. The van der Waals surface area contributed by atoms with E-state index in [9.17, 15) is 4.79 Å². The molecule has 3 N–H and O–H groups in total. The number of hydrogen-bond donors (Lipinski definition) is 2. The summed E-state index contributed by atoms with van der Waals surface area (Å²) in [5, 5.41) is 8.73. The summed E-state index contributed by atoms with van der Waals surface area (Å²) in [7, 11) is 0. The van der Waals surface area contributed by atoms with E-state index in [1.165, 1.54) is 0 Å². The monoisotopic (exact) mass is 171 g/mol. The van der Waals surface area contributed by atoms with E-state index in [0.29, 0.717) is 18.4 Å². The fourth-order valence-corrected chi connectivity index (χ4v) is 2.43. The van der Waals surface area contributed by atoms with Gasteiger partial charge in [-0.1, -0.05) is 13.8 Å². The minimum absolute atomic E-state index is 0.119. The van der Waals surface area contributed by atoms with Gasteiger partial charge in [-0.3, -0.25) is 4.79 Å². The van der Waals surface area contributed by atoms with Gasteiger partial charge in [0, 0.05) is 0 Å². The highest BCUT2D eigenvalue weighted by Gasteiger charge is 2.50. The number of carboxylic acid groups (broad SMARTS) is 1. The van der Waals surface area contributed by atoms with Crippen molar-refractivity contribution >= 4 is 5.97 Å². The van der Waals surface area contributed by atoms with E-state index in [-0.39, 0.29) is 11.8 Å². The van der Waals surface area contributed by atoms with Crippen LogP contribution in [0.25, 0.3) is 0 Å². The van der Waals surface area contributed by atoms with Crippen LogP contribution in [-0.2, 0) is 4.79 Å². The van der Waals surface area contributed by atoms with Crippen LogP contribution in [0.1, 0.15) is 26.7 Å². The van der Waals surface area contributed by atoms with E-state index < -0.39 is 5.97 Å². The molecule has 1 aliphatic carbocycles. The minimum atomic E-state index is -0.723. The topological polar surface area (TPSA) is 63.3 Å². The summed E-state index contributed by atoms with van der Waals surface area (Å²) in [4.78, 5) is 10.6. The molecule has 1 unspecified atom stereocenters. The van der Waals surface area contributed by atoms with Crippen LogP contribution in [0.2, 0.25) is 0 Å². The van der Waals surface area contributed by atoms with Crippen molar-refractivity contribution in [3.63, 3.8) is 0 Å². The molecule has 1 rings (SSSR count). The SMILES string of the molecule is C[C@@H]1C[C@H](C)C1(CN)CC(=O)O. The van der Waals surface area contributed by atoms with Crippen molar-refractivity contribution < 1.29 is 9.90 Å². The minimum Gasteiger partial charge on any atom is -0.481 e. The highest BCUT2D eigenvalue weighted by Crippen LogP contribution is 2.52. The van der Waals surface area contributed by atoms with Gasteiger partial charge in [-0.2, -0.15) is 0 Å². The lowest BCUT2D eigenvalue weighted by molar-refractivity contribution is -0.146. The fraction of sp³-hybridized carbons (Fsp3) is 0.889. The van der Waals surface area contributed by atoms with Crippen LogP contribution in [0.5, 0.6) is 0 Å². The Bertz CT molecular complexity index is 183. The lowest BCUT2D eigenvalue weighted by Gasteiger charge is -2.52. The second-order valence-electron chi connectivity index (χ2n) is 4.05. The molecule has 0 aromatic rings. The van der Waals surface area contributed by atoms with Crippen molar-refractivity contribution in [2.75, 3.05) is 6.54 Å². The molecule has 12 heavy (non-hydrogen) atoms. The molecule has 0 heterocycles. The zero-order valence-electron chi connectivity index (χ0n) is 7.71. The van der Waals surface area contributed by atoms with Gasteiger partial charge < -0.3 is 10.8 Å². The van der Waals surface area contributed by atoms with Gasteiger partial charge in [0.2, 0.25) is 0 Å². The van der Waals surface area contributed by atoms with Crippen molar-refractivity contribution in [3.05, 3.63) is 0 Å². The maximum atomic E-state index is 10.6. The Morgan fingerprint density at radius 2 is 2.08 bits per heavy atom. The van der Waals surface area contributed by atoms with E-state index in [1.54, 1.807) is 0 Å². The van der Waals surface area contributed by atoms with E-state index in [0.717, 1.165) is 6.42 Å². The summed E-state index contributed by atoms with van der Waals surface area (Å²) in [5.74, 6) is 0.209. The van der Waals surface area contributed by atoms with Crippen LogP contribution in [-0.4, -0.2) is 17.6 Å². The number of hydrogen-bond acceptors (Lipinski definition) is 2. The molecule has 0 aliphatic heterocycles. The lowest BCUT2D eigenvalue weighted by atomic mass is 9.52. The quantitative estimate of drug-likeness (QED) is 0.668. The van der Waals surface area contributed by atoms with Crippen LogP contribution in [0.4, 0.5) is 0 Å². The molecular formula is C9H17NO2. The van der Waals surface area contributed by atoms with Gasteiger partial charge in [-0.25, -0.2) is 0 Å². The Hall–Kier alpha value is -0.570. The Morgan fingerprint density at radius 3 is 2.25 bits per heavy atom.